The van der Waals surface area contributed by atoms with Gasteiger partial charge >= 0.3 is 0 Å². The van der Waals surface area contributed by atoms with Crippen LogP contribution in [0.3, 0.4) is 0 Å². The van der Waals surface area contributed by atoms with Gasteiger partial charge in [-0.2, -0.15) is 5.10 Å². The quantitative estimate of drug-likeness (QED) is 0.432. The lowest BCUT2D eigenvalue weighted by atomic mass is 10.1. The van der Waals surface area contributed by atoms with Crippen molar-refractivity contribution in [3.8, 4) is 22.5 Å². The van der Waals surface area contributed by atoms with Crippen LogP contribution in [-0.4, -0.2) is 24.6 Å². The highest BCUT2D eigenvalue weighted by molar-refractivity contribution is 6.38. The summed E-state index contributed by atoms with van der Waals surface area (Å²) in [6, 6.07) is 18.0. The Morgan fingerprint density at radius 2 is 1.74 bits per heavy atom. The van der Waals surface area contributed by atoms with E-state index in [2.05, 4.69) is 10.1 Å². The van der Waals surface area contributed by atoms with Crippen LogP contribution in [0.1, 0.15) is 5.82 Å². The molecule has 0 saturated heterocycles. The number of fused-ring (bicyclic) bond motifs is 2. The molecular weight excluding hydrogens is 408 g/mol. The maximum Gasteiger partial charge on any atom is 0.162 e. The van der Waals surface area contributed by atoms with E-state index in [4.69, 9.17) is 27.3 Å². The molecule has 2 N–H and O–H groups in total. The molecular formula is C24H15ClN6. The smallest absolute Gasteiger partial charge is 0.162 e. The van der Waals surface area contributed by atoms with Gasteiger partial charge in [0, 0.05) is 22.1 Å². The highest BCUT2D eigenvalue weighted by Gasteiger charge is 2.22. The van der Waals surface area contributed by atoms with E-state index < -0.39 is 0 Å². The minimum absolute atomic E-state index is 0.342. The molecule has 6 rings (SSSR count). The maximum atomic E-state index is 6.90. The van der Waals surface area contributed by atoms with Crippen molar-refractivity contribution in [2.75, 3.05) is 5.73 Å². The highest BCUT2D eigenvalue weighted by atomic mass is 35.5. The zero-order valence-corrected chi connectivity index (χ0v) is 17.0. The molecule has 7 heteroatoms. The van der Waals surface area contributed by atoms with Gasteiger partial charge in [-0.15, -0.1) is 0 Å². The van der Waals surface area contributed by atoms with Crippen LogP contribution in [-0.2, 0) is 0 Å². The zero-order chi connectivity index (χ0) is 20.9. The monoisotopic (exact) mass is 422 g/mol. The minimum Gasteiger partial charge on any atom is -0.382 e. The van der Waals surface area contributed by atoms with Crippen molar-refractivity contribution in [2.24, 2.45) is 0 Å². The lowest BCUT2D eigenvalue weighted by Gasteiger charge is -2.08. The Labute approximate surface area is 182 Å². The molecule has 0 amide bonds. The van der Waals surface area contributed by atoms with Crippen LogP contribution in [0.25, 0.3) is 44.5 Å². The van der Waals surface area contributed by atoms with Gasteiger partial charge in [0.15, 0.2) is 11.6 Å². The van der Waals surface area contributed by atoms with Gasteiger partial charge in [0.2, 0.25) is 0 Å². The molecule has 0 saturated carbocycles. The molecule has 0 bridgehead atoms. The topological polar surface area (TPSA) is 82.0 Å². The van der Waals surface area contributed by atoms with Gasteiger partial charge in [-0.25, -0.2) is 19.5 Å². The van der Waals surface area contributed by atoms with E-state index >= 15 is 0 Å². The van der Waals surface area contributed by atoms with Crippen molar-refractivity contribution in [3.05, 3.63) is 90.0 Å². The Bertz CT molecular complexity index is 1550. The summed E-state index contributed by atoms with van der Waals surface area (Å²) < 4.78 is 1.71. The first-order valence-electron chi connectivity index (χ1n) is 9.74. The van der Waals surface area contributed by atoms with Gasteiger partial charge < -0.3 is 5.73 Å². The van der Waals surface area contributed by atoms with Crippen molar-refractivity contribution >= 4 is 39.4 Å². The van der Waals surface area contributed by atoms with Crippen LogP contribution in [0.2, 0.25) is 5.02 Å². The fraction of sp³-hybridized carbons (Fsp3) is 0. The number of halogens is 1. The number of hydrogen-bond donors (Lipinski definition) is 1. The molecule has 3 heterocycles. The normalized spacial score (nSPS) is 12.9. The molecule has 148 valence electrons. The summed E-state index contributed by atoms with van der Waals surface area (Å²) in [4.78, 5) is 13.9. The van der Waals surface area contributed by atoms with Crippen LogP contribution in [0.5, 0.6) is 0 Å². The van der Waals surface area contributed by atoms with Crippen LogP contribution >= 0.6 is 11.6 Å². The summed E-state index contributed by atoms with van der Waals surface area (Å²) in [5, 5.41) is 5.83. The second-order valence-corrected chi connectivity index (χ2v) is 7.61. The van der Waals surface area contributed by atoms with Gasteiger partial charge in [-0.1, -0.05) is 78.4 Å². The number of nitrogen functional groups attached to an aromatic ring is 1. The first kappa shape index (κ1) is 17.8. The minimum atomic E-state index is 0.342. The molecule has 0 spiro atoms. The number of benzene rings is 2. The van der Waals surface area contributed by atoms with Crippen molar-refractivity contribution in [2.45, 2.75) is 0 Å². The molecule has 3 aromatic heterocycles. The molecule has 31 heavy (non-hydrogen) atoms. The second-order valence-electron chi connectivity index (χ2n) is 7.23. The third-order valence-corrected chi connectivity index (χ3v) is 5.78. The Kier molecular flexibility index (Phi) is 3.88. The number of nitrogens with two attached hydrogens (primary N) is 1. The van der Waals surface area contributed by atoms with Gasteiger partial charge in [-0.05, 0) is 6.07 Å². The van der Waals surface area contributed by atoms with E-state index in [0.717, 1.165) is 27.8 Å². The lowest BCUT2D eigenvalue weighted by Crippen LogP contribution is -2.02. The van der Waals surface area contributed by atoms with Crippen LogP contribution in [0.15, 0.2) is 79.2 Å². The van der Waals surface area contributed by atoms with Gasteiger partial charge in [0.1, 0.15) is 17.5 Å². The van der Waals surface area contributed by atoms with E-state index in [-0.39, 0.29) is 0 Å². The van der Waals surface area contributed by atoms with Crippen LogP contribution < -0.4 is 5.73 Å². The second kappa shape index (κ2) is 6.75. The van der Waals surface area contributed by atoms with E-state index in [1.807, 2.05) is 72.8 Å². The lowest BCUT2D eigenvalue weighted by molar-refractivity contribution is 0.880. The fourth-order valence-corrected chi connectivity index (χ4v) is 4.08. The van der Waals surface area contributed by atoms with Gasteiger partial charge in [0.05, 0.1) is 16.2 Å². The summed E-state index contributed by atoms with van der Waals surface area (Å²) in [5.74, 6) is 1.04. The molecule has 0 radical (unpaired) electrons. The first-order chi connectivity index (χ1) is 15.2. The third kappa shape index (κ3) is 2.73. The number of rotatable bonds is 3. The highest BCUT2D eigenvalue weighted by Crippen LogP contribution is 2.38. The predicted molar refractivity (Wildman–Crippen MR) is 123 cm³/mol. The number of imidazole rings is 1. The fourth-order valence-electron chi connectivity index (χ4n) is 3.78. The first-order valence-corrected chi connectivity index (χ1v) is 10.1. The van der Waals surface area contributed by atoms with E-state index in [1.54, 1.807) is 4.52 Å². The molecule has 6 nitrogen and oxygen atoms in total. The Morgan fingerprint density at radius 1 is 0.935 bits per heavy atom. The zero-order valence-electron chi connectivity index (χ0n) is 16.2. The number of aromatic nitrogens is 5. The maximum absolute atomic E-state index is 6.90. The molecule has 1 aliphatic rings. The summed E-state index contributed by atoms with van der Waals surface area (Å²) in [6.45, 7) is 0. The molecule has 0 aliphatic heterocycles. The Hall–Kier alpha value is -4.03. The van der Waals surface area contributed by atoms with Crippen molar-refractivity contribution in [3.63, 3.8) is 0 Å². The van der Waals surface area contributed by atoms with Crippen LogP contribution in [0, 0.1) is 0 Å². The average Bonchev–Trinajstić information content (AvgIpc) is 3.13. The van der Waals surface area contributed by atoms with E-state index in [9.17, 15) is 0 Å². The molecule has 0 atom stereocenters. The average molecular weight is 423 g/mol. The Morgan fingerprint density at radius 3 is 2.52 bits per heavy atom. The number of pyridine rings is 1. The molecule has 2 aromatic carbocycles. The third-order valence-electron chi connectivity index (χ3n) is 5.40. The summed E-state index contributed by atoms with van der Waals surface area (Å²) in [6.07, 6.45) is 7.34. The van der Waals surface area contributed by atoms with Gasteiger partial charge in [0.25, 0.3) is 0 Å². The summed E-state index contributed by atoms with van der Waals surface area (Å²) in [5.41, 5.74) is 11.8. The largest absolute Gasteiger partial charge is 0.382 e. The molecule has 1 aliphatic carbocycles. The number of hydrogen-bond acceptors (Lipinski definition) is 5. The van der Waals surface area contributed by atoms with Crippen molar-refractivity contribution < 1.29 is 0 Å². The van der Waals surface area contributed by atoms with Crippen molar-refractivity contribution in [1.29, 1.82) is 0 Å². The SMILES string of the molecule is Nc1ncnn2c(C3=CC=C3)nc(-c3ccc4ccc(-c5ccccc5)nc4c3Cl)c12. The van der Waals surface area contributed by atoms with Crippen LogP contribution in [0.4, 0.5) is 5.82 Å². The van der Waals surface area contributed by atoms with E-state index in [0.29, 0.717) is 33.4 Å². The summed E-state index contributed by atoms with van der Waals surface area (Å²) in [7, 11) is 0. The van der Waals surface area contributed by atoms with Gasteiger partial charge in [-0.3, -0.25) is 0 Å². The predicted octanol–water partition coefficient (Wildman–Crippen LogP) is 5.20. The number of nitrogens with zero attached hydrogens (tertiary/aromatic N) is 5. The molecule has 5 aromatic rings. The number of anilines is 1. The van der Waals surface area contributed by atoms with E-state index in [1.165, 1.54) is 6.33 Å². The van der Waals surface area contributed by atoms with Crippen molar-refractivity contribution in [1.82, 2.24) is 24.6 Å². The summed E-state index contributed by atoms with van der Waals surface area (Å²) >= 11 is 6.90. The Balaban J connectivity index is 1.60. The standard InChI is InChI=1S/C24H15ClN6/c25-19-17(11-9-15-10-12-18(29-20(15)19)14-5-2-1-3-6-14)21-22-23(26)27-13-28-31(22)24(30-21)16-7-4-8-16/h1-13H,(H2,26,27,28). The molecule has 0 unspecified atom stereocenters. The number of allylic oxidation sites excluding steroid dienone is 4. The molecule has 0 fully saturated rings.